The third-order valence-electron chi connectivity index (χ3n) is 3.35. The minimum atomic E-state index is -0.363. The number of rotatable bonds is 4. The van der Waals surface area contributed by atoms with E-state index in [9.17, 15) is 4.79 Å². The zero-order valence-corrected chi connectivity index (χ0v) is 13.9. The maximum absolute atomic E-state index is 12.3. The van der Waals surface area contributed by atoms with Crippen LogP contribution in [0.1, 0.15) is 18.5 Å². The van der Waals surface area contributed by atoms with Gasteiger partial charge in [-0.05, 0) is 33.6 Å². The second-order valence-corrected chi connectivity index (χ2v) is 6.02. The quantitative estimate of drug-likeness (QED) is 0.842. The lowest BCUT2D eigenvalue weighted by atomic mass is 9.94. The maximum atomic E-state index is 12.3. The number of anilines is 1. The number of carbonyl (C=O) groups excluding carboxylic acids is 1. The van der Waals surface area contributed by atoms with Crippen molar-refractivity contribution in [3.05, 3.63) is 63.6 Å². The molecule has 0 aromatic heterocycles. The Morgan fingerprint density at radius 2 is 1.86 bits per heavy atom. The SMILES string of the molecule is CC(C(=O)Nc1cccc(Cl)c1Br)C(N)c1ccccc1. The Balaban J connectivity index is 2.11. The largest absolute Gasteiger partial charge is 0.325 e. The van der Waals surface area contributed by atoms with Crippen LogP contribution in [0.5, 0.6) is 0 Å². The standard InChI is InChI=1S/C16H16BrClN2O/c1-10(15(19)11-6-3-2-4-7-11)16(21)20-13-9-5-8-12(18)14(13)17/h2-10,15H,19H2,1H3,(H,20,21). The highest BCUT2D eigenvalue weighted by Gasteiger charge is 2.22. The van der Waals surface area contributed by atoms with Gasteiger partial charge in [0.15, 0.2) is 0 Å². The van der Waals surface area contributed by atoms with Crippen LogP contribution >= 0.6 is 27.5 Å². The topological polar surface area (TPSA) is 55.1 Å². The summed E-state index contributed by atoms with van der Waals surface area (Å²) in [7, 11) is 0. The average molecular weight is 368 g/mol. The smallest absolute Gasteiger partial charge is 0.229 e. The van der Waals surface area contributed by atoms with Crippen molar-refractivity contribution in [3.8, 4) is 0 Å². The summed E-state index contributed by atoms with van der Waals surface area (Å²) in [6, 6.07) is 14.5. The normalized spacial score (nSPS) is 13.5. The minimum Gasteiger partial charge on any atom is -0.325 e. The van der Waals surface area contributed by atoms with Crippen molar-refractivity contribution in [2.45, 2.75) is 13.0 Å². The van der Waals surface area contributed by atoms with Crippen LogP contribution in [0, 0.1) is 5.92 Å². The second-order valence-electron chi connectivity index (χ2n) is 4.82. The lowest BCUT2D eigenvalue weighted by Gasteiger charge is -2.20. The molecule has 2 aromatic rings. The highest BCUT2D eigenvalue weighted by Crippen LogP contribution is 2.31. The van der Waals surface area contributed by atoms with E-state index in [4.69, 9.17) is 17.3 Å². The number of carbonyl (C=O) groups is 1. The van der Waals surface area contributed by atoms with Crippen LogP contribution in [-0.2, 0) is 4.79 Å². The Bertz CT molecular complexity index is 633. The summed E-state index contributed by atoms with van der Waals surface area (Å²) in [5.74, 6) is -0.507. The first-order chi connectivity index (χ1) is 10.0. The summed E-state index contributed by atoms with van der Waals surface area (Å²) in [5.41, 5.74) is 7.74. The number of hydrogen-bond acceptors (Lipinski definition) is 2. The molecule has 5 heteroatoms. The molecule has 0 aliphatic heterocycles. The van der Waals surface area contributed by atoms with Crippen molar-refractivity contribution >= 4 is 39.1 Å². The van der Waals surface area contributed by atoms with Gasteiger partial charge in [0.25, 0.3) is 0 Å². The lowest BCUT2D eigenvalue weighted by Crippen LogP contribution is -2.30. The molecule has 21 heavy (non-hydrogen) atoms. The molecular formula is C16H16BrClN2O. The Kier molecular flexibility index (Phi) is 5.39. The summed E-state index contributed by atoms with van der Waals surface area (Å²) in [6.07, 6.45) is 0. The Hall–Kier alpha value is -1.36. The van der Waals surface area contributed by atoms with E-state index in [1.54, 1.807) is 18.2 Å². The van der Waals surface area contributed by atoms with E-state index in [1.807, 2.05) is 37.3 Å². The zero-order chi connectivity index (χ0) is 15.4. The van der Waals surface area contributed by atoms with Crippen LogP contribution in [0.2, 0.25) is 5.02 Å². The highest BCUT2D eigenvalue weighted by atomic mass is 79.9. The summed E-state index contributed by atoms with van der Waals surface area (Å²) in [4.78, 5) is 12.3. The molecule has 0 saturated heterocycles. The molecule has 3 N–H and O–H groups in total. The van der Waals surface area contributed by atoms with Gasteiger partial charge < -0.3 is 11.1 Å². The van der Waals surface area contributed by atoms with Crippen LogP contribution in [0.4, 0.5) is 5.69 Å². The van der Waals surface area contributed by atoms with E-state index in [0.717, 1.165) is 5.56 Å². The van der Waals surface area contributed by atoms with Crippen LogP contribution < -0.4 is 11.1 Å². The van der Waals surface area contributed by atoms with Gasteiger partial charge in [-0.15, -0.1) is 0 Å². The van der Waals surface area contributed by atoms with Gasteiger partial charge in [-0.25, -0.2) is 0 Å². The lowest BCUT2D eigenvalue weighted by molar-refractivity contribution is -0.120. The minimum absolute atomic E-state index is 0.144. The summed E-state index contributed by atoms with van der Waals surface area (Å²) in [6.45, 7) is 1.81. The fourth-order valence-electron chi connectivity index (χ4n) is 1.97. The molecule has 0 fully saturated rings. The summed E-state index contributed by atoms with van der Waals surface area (Å²) in [5, 5.41) is 3.40. The summed E-state index contributed by atoms with van der Waals surface area (Å²) < 4.78 is 0.667. The van der Waals surface area contributed by atoms with Crippen molar-refractivity contribution < 1.29 is 4.79 Å². The van der Waals surface area contributed by atoms with Gasteiger partial charge >= 0.3 is 0 Å². The van der Waals surface area contributed by atoms with Gasteiger partial charge in [0.2, 0.25) is 5.91 Å². The van der Waals surface area contributed by atoms with Gasteiger partial charge in [-0.3, -0.25) is 4.79 Å². The van der Waals surface area contributed by atoms with E-state index < -0.39 is 0 Å². The molecule has 0 bridgehead atoms. The average Bonchev–Trinajstić information content (AvgIpc) is 2.51. The molecule has 2 rings (SSSR count). The predicted octanol–water partition coefficient (Wildman–Crippen LogP) is 4.38. The Morgan fingerprint density at radius 3 is 2.52 bits per heavy atom. The van der Waals surface area contributed by atoms with Gasteiger partial charge in [0.05, 0.1) is 21.1 Å². The number of benzene rings is 2. The third-order valence-corrected chi connectivity index (χ3v) is 4.74. The first kappa shape index (κ1) is 16.0. The molecule has 0 radical (unpaired) electrons. The van der Waals surface area contributed by atoms with Crippen molar-refractivity contribution in [1.29, 1.82) is 0 Å². The molecule has 0 saturated carbocycles. The molecule has 0 aliphatic carbocycles. The number of hydrogen-bond donors (Lipinski definition) is 2. The van der Waals surface area contributed by atoms with Crippen molar-refractivity contribution in [3.63, 3.8) is 0 Å². The molecule has 2 aromatic carbocycles. The molecule has 1 amide bonds. The van der Waals surface area contributed by atoms with E-state index in [2.05, 4.69) is 21.2 Å². The fourth-order valence-corrected chi connectivity index (χ4v) is 2.51. The molecule has 3 nitrogen and oxygen atoms in total. The molecule has 2 unspecified atom stereocenters. The molecular weight excluding hydrogens is 352 g/mol. The predicted molar refractivity (Wildman–Crippen MR) is 90.3 cm³/mol. The van der Waals surface area contributed by atoms with Gasteiger partial charge in [0.1, 0.15) is 0 Å². The van der Waals surface area contributed by atoms with Crippen LogP contribution in [0.25, 0.3) is 0 Å². The number of nitrogens with one attached hydrogen (secondary N) is 1. The van der Waals surface area contributed by atoms with Gasteiger partial charge in [0, 0.05) is 6.04 Å². The van der Waals surface area contributed by atoms with E-state index in [1.165, 1.54) is 0 Å². The van der Waals surface area contributed by atoms with E-state index >= 15 is 0 Å². The van der Waals surface area contributed by atoms with E-state index in [0.29, 0.717) is 15.2 Å². The molecule has 0 heterocycles. The van der Waals surface area contributed by atoms with Crippen molar-refractivity contribution in [2.75, 3.05) is 5.32 Å². The number of halogens is 2. The zero-order valence-electron chi connectivity index (χ0n) is 11.5. The first-order valence-corrected chi connectivity index (χ1v) is 7.73. The first-order valence-electron chi connectivity index (χ1n) is 6.56. The molecule has 110 valence electrons. The van der Waals surface area contributed by atoms with Gasteiger partial charge in [-0.2, -0.15) is 0 Å². The monoisotopic (exact) mass is 366 g/mol. The molecule has 0 spiro atoms. The van der Waals surface area contributed by atoms with E-state index in [-0.39, 0.29) is 17.9 Å². The van der Waals surface area contributed by atoms with Crippen LogP contribution in [0.3, 0.4) is 0 Å². The number of amides is 1. The highest BCUT2D eigenvalue weighted by molar-refractivity contribution is 9.10. The molecule has 0 aliphatic rings. The van der Waals surface area contributed by atoms with Gasteiger partial charge in [-0.1, -0.05) is 54.9 Å². The maximum Gasteiger partial charge on any atom is 0.229 e. The summed E-state index contributed by atoms with van der Waals surface area (Å²) >= 11 is 9.37. The van der Waals surface area contributed by atoms with Crippen molar-refractivity contribution in [2.24, 2.45) is 11.7 Å². The second kappa shape index (κ2) is 7.07. The van der Waals surface area contributed by atoms with Crippen molar-refractivity contribution in [1.82, 2.24) is 0 Å². The fraction of sp³-hybridized carbons (Fsp3) is 0.188. The number of nitrogens with two attached hydrogens (primary N) is 1. The molecule has 2 atom stereocenters. The Morgan fingerprint density at radius 1 is 1.19 bits per heavy atom. The third kappa shape index (κ3) is 3.84. The van der Waals surface area contributed by atoms with Crippen LogP contribution in [0.15, 0.2) is 53.0 Å². The Labute approximate surface area is 137 Å². The van der Waals surface area contributed by atoms with Crippen LogP contribution in [-0.4, -0.2) is 5.91 Å².